The lowest BCUT2D eigenvalue weighted by atomic mass is 9.69. The maximum absolute atomic E-state index is 13.0. The van der Waals surface area contributed by atoms with Crippen LogP contribution in [0, 0.1) is 0 Å². The van der Waals surface area contributed by atoms with Crippen LogP contribution >= 0.6 is 0 Å². The number of carbonyl (C=O) groups excluding carboxylic acids is 2. The van der Waals surface area contributed by atoms with Gasteiger partial charge in [-0.3, -0.25) is 9.59 Å². The number of hydrogen-bond acceptors (Lipinski definition) is 7. The summed E-state index contributed by atoms with van der Waals surface area (Å²) in [6, 6.07) is 11.0. The lowest BCUT2D eigenvalue weighted by molar-refractivity contribution is -0.164. The van der Waals surface area contributed by atoms with E-state index in [0.29, 0.717) is 11.5 Å². The summed E-state index contributed by atoms with van der Waals surface area (Å²) in [6.07, 6.45) is 1.15. The third kappa shape index (κ3) is 1.18. The number of fused-ring (bicyclic) bond motifs is 1. The highest BCUT2D eigenvalue weighted by atomic mass is 16.8. The fourth-order valence-electron chi connectivity index (χ4n) is 4.75. The molecule has 27 heavy (non-hydrogen) atoms. The van der Waals surface area contributed by atoms with Gasteiger partial charge in [-0.05, 0) is 29.7 Å². The highest BCUT2D eigenvalue weighted by molar-refractivity contribution is 6.20. The average Bonchev–Trinajstić information content (AvgIpc) is 3.57. The Morgan fingerprint density at radius 2 is 1.70 bits per heavy atom. The summed E-state index contributed by atoms with van der Waals surface area (Å²) in [6.45, 7) is 0. The van der Waals surface area contributed by atoms with Gasteiger partial charge in [-0.2, -0.15) is 0 Å². The Balaban J connectivity index is 1.54. The van der Waals surface area contributed by atoms with Gasteiger partial charge in [0.25, 0.3) is 5.60 Å². The van der Waals surface area contributed by atoms with E-state index in [2.05, 4.69) is 0 Å². The molecule has 3 aliphatic heterocycles. The van der Waals surface area contributed by atoms with E-state index >= 15 is 0 Å². The molecule has 2 aromatic rings. The van der Waals surface area contributed by atoms with Gasteiger partial charge in [0.2, 0.25) is 22.9 Å². The Bertz CT molecular complexity index is 1170. The molecule has 0 bridgehead atoms. The lowest BCUT2D eigenvalue weighted by Crippen LogP contribution is -2.67. The number of rotatable bonds is 0. The zero-order valence-electron chi connectivity index (χ0n) is 13.6. The van der Waals surface area contributed by atoms with E-state index < -0.39 is 34.7 Å². The second kappa shape index (κ2) is 3.76. The molecule has 2 aromatic carbocycles. The van der Waals surface area contributed by atoms with Crippen molar-refractivity contribution in [3.05, 3.63) is 60.1 Å². The second-order valence-electron chi connectivity index (χ2n) is 7.21. The van der Waals surface area contributed by atoms with Crippen molar-refractivity contribution in [2.75, 3.05) is 0 Å². The molecular weight excluding hydrogens is 352 g/mol. The van der Waals surface area contributed by atoms with Crippen LogP contribution in [0.15, 0.2) is 60.1 Å². The average molecular weight is 362 g/mol. The van der Waals surface area contributed by atoms with Crippen molar-refractivity contribution in [1.29, 1.82) is 0 Å². The Labute approximate surface area is 151 Å². The van der Waals surface area contributed by atoms with Crippen molar-refractivity contribution >= 4 is 22.3 Å². The molecule has 7 rings (SSSR count). The van der Waals surface area contributed by atoms with Gasteiger partial charge < -0.3 is 24.1 Å². The molecule has 3 atom stereocenters. The van der Waals surface area contributed by atoms with E-state index in [9.17, 15) is 14.7 Å². The number of Topliss-reactive ketones (excluding diaryl/α,β-unsaturated/α-hetero) is 1. The van der Waals surface area contributed by atoms with Gasteiger partial charge in [0.15, 0.2) is 5.78 Å². The fraction of sp³-hybridized carbons (Fsp3) is 0.200. The molecule has 7 nitrogen and oxygen atoms in total. The number of epoxide rings is 1. The first-order valence-corrected chi connectivity index (χ1v) is 8.53. The summed E-state index contributed by atoms with van der Waals surface area (Å²) >= 11 is 0. The third-order valence-electron chi connectivity index (χ3n) is 6.00. The molecular formula is C20H10O7. The van der Waals surface area contributed by atoms with Crippen LogP contribution in [-0.2, 0) is 19.1 Å². The Morgan fingerprint density at radius 3 is 2.41 bits per heavy atom. The molecule has 132 valence electrons. The number of benzene rings is 2. The maximum atomic E-state index is 13.0. The van der Waals surface area contributed by atoms with E-state index in [1.165, 1.54) is 12.2 Å². The molecule has 0 radical (unpaired) electrons. The maximum Gasteiger partial charge on any atom is 0.356 e. The van der Waals surface area contributed by atoms with E-state index in [-0.39, 0.29) is 11.5 Å². The van der Waals surface area contributed by atoms with Crippen LogP contribution in [0.5, 0.6) is 11.5 Å². The zero-order valence-corrected chi connectivity index (χ0v) is 13.6. The van der Waals surface area contributed by atoms with Gasteiger partial charge in [0.05, 0.1) is 5.39 Å². The van der Waals surface area contributed by atoms with E-state index in [4.69, 9.17) is 18.9 Å². The topological polar surface area (TPSA) is 97.9 Å². The number of aliphatic hydroxyl groups excluding tert-OH is 1. The number of aliphatic hydroxyl groups is 1. The first-order chi connectivity index (χ1) is 13.1. The second-order valence-corrected chi connectivity index (χ2v) is 7.21. The summed E-state index contributed by atoms with van der Waals surface area (Å²) in [4.78, 5) is 25.8. The first kappa shape index (κ1) is 14.0. The predicted octanol–water partition coefficient (Wildman–Crippen LogP) is 1.14. The molecule has 1 fully saturated rings. The highest BCUT2D eigenvalue weighted by Crippen LogP contribution is 2.71. The Hall–Kier alpha value is -3.16. The van der Waals surface area contributed by atoms with Gasteiger partial charge in [-0.1, -0.05) is 24.3 Å². The smallest absolute Gasteiger partial charge is 0.356 e. The van der Waals surface area contributed by atoms with E-state index in [1.807, 2.05) is 24.3 Å². The molecule has 0 aromatic heterocycles. The molecule has 3 heterocycles. The van der Waals surface area contributed by atoms with Crippen LogP contribution in [0.4, 0.5) is 0 Å². The molecule has 1 N–H and O–H groups in total. The summed E-state index contributed by atoms with van der Waals surface area (Å²) in [5.74, 6) is -1.72. The van der Waals surface area contributed by atoms with E-state index in [0.717, 1.165) is 10.8 Å². The molecule has 2 aliphatic carbocycles. The van der Waals surface area contributed by atoms with Gasteiger partial charge in [-0.15, -0.1) is 0 Å². The summed E-state index contributed by atoms with van der Waals surface area (Å²) in [5, 5.41) is 12.2. The summed E-state index contributed by atoms with van der Waals surface area (Å²) in [5.41, 5.74) is -3.61. The highest BCUT2D eigenvalue weighted by Gasteiger charge is 2.98. The van der Waals surface area contributed by atoms with Crippen molar-refractivity contribution in [2.24, 2.45) is 0 Å². The minimum Gasteiger partial charge on any atom is -0.442 e. The van der Waals surface area contributed by atoms with Crippen LogP contribution in [0.2, 0.25) is 0 Å². The largest absolute Gasteiger partial charge is 0.442 e. The van der Waals surface area contributed by atoms with Crippen molar-refractivity contribution in [3.63, 3.8) is 0 Å². The molecule has 7 heteroatoms. The first-order valence-electron chi connectivity index (χ1n) is 8.53. The minimum atomic E-state index is -1.82. The number of ketones is 2. The van der Waals surface area contributed by atoms with Crippen LogP contribution < -0.4 is 9.47 Å². The van der Waals surface area contributed by atoms with Crippen molar-refractivity contribution in [2.45, 2.75) is 23.1 Å². The Morgan fingerprint density at radius 1 is 1.00 bits per heavy atom. The monoisotopic (exact) mass is 362 g/mol. The predicted molar refractivity (Wildman–Crippen MR) is 87.8 cm³/mol. The SMILES string of the molecule is O=C1C2=C(O2)C2(Oc3cccc4cccc(c34)O2)C23OC12C(O)C=CC3=O. The molecule has 3 unspecified atom stereocenters. The van der Waals surface area contributed by atoms with Crippen LogP contribution in [0.3, 0.4) is 0 Å². The van der Waals surface area contributed by atoms with Crippen LogP contribution in [0.1, 0.15) is 0 Å². The van der Waals surface area contributed by atoms with Gasteiger partial charge in [-0.25, -0.2) is 0 Å². The number of hydrogen-bond donors (Lipinski definition) is 1. The molecule has 1 spiro atoms. The lowest BCUT2D eigenvalue weighted by Gasteiger charge is -2.41. The van der Waals surface area contributed by atoms with Crippen molar-refractivity contribution in [1.82, 2.24) is 0 Å². The Kier molecular flexibility index (Phi) is 1.94. The summed E-state index contributed by atoms with van der Waals surface area (Å²) in [7, 11) is 0. The third-order valence-corrected chi connectivity index (χ3v) is 6.00. The number of carbonyl (C=O) groups is 2. The zero-order chi connectivity index (χ0) is 18.2. The summed E-state index contributed by atoms with van der Waals surface area (Å²) < 4.78 is 23.6. The number of ether oxygens (including phenoxy) is 4. The normalized spacial score (nSPS) is 35.7. The van der Waals surface area contributed by atoms with Gasteiger partial charge in [0.1, 0.15) is 17.6 Å². The van der Waals surface area contributed by atoms with Crippen LogP contribution in [-0.4, -0.2) is 39.8 Å². The molecule has 1 saturated heterocycles. The fourth-order valence-corrected chi connectivity index (χ4v) is 4.75. The molecule has 0 amide bonds. The van der Waals surface area contributed by atoms with Gasteiger partial charge >= 0.3 is 5.79 Å². The van der Waals surface area contributed by atoms with Crippen molar-refractivity contribution < 1.29 is 33.6 Å². The quantitative estimate of drug-likeness (QED) is 0.702. The minimum absolute atomic E-state index is 0.0248. The van der Waals surface area contributed by atoms with Gasteiger partial charge in [0, 0.05) is 0 Å². The van der Waals surface area contributed by atoms with Crippen LogP contribution in [0.25, 0.3) is 10.8 Å². The molecule has 5 aliphatic rings. The standard InChI is InChI=1S/C20H10O7/c21-12-7-8-13(22)19-18(12,27-19)16(23)15-17(24-15)20(19)25-10-5-1-3-9-4-2-6-11(26-20)14(9)10/h1-8,12,21H. The molecule has 0 saturated carbocycles. The van der Waals surface area contributed by atoms with E-state index in [1.54, 1.807) is 12.1 Å². The van der Waals surface area contributed by atoms with Crippen molar-refractivity contribution in [3.8, 4) is 11.5 Å².